The highest BCUT2D eigenvalue weighted by Crippen LogP contribution is 2.34. The van der Waals surface area contributed by atoms with Gasteiger partial charge in [-0.05, 0) is 18.2 Å². The van der Waals surface area contributed by atoms with Gasteiger partial charge in [0.1, 0.15) is 11.5 Å². The Labute approximate surface area is 103 Å². The van der Waals surface area contributed by atoms with Crippen LogP contribution in [0.5, 0.6) is 11.5 Å². The van der Waals surface area contributed by atoms with Crippen molar-refractivity contribution in [2.75, 3.05) is 0 Å². The van der Waals surface area contributed by atoms with E-state index in [4.69, 9.17) is 4.74 Å². The standard InChI is InChI=1S/C13H10N2O3/c1-15-7-8(6-14-15)4-12-13(17)10-3-2-9(16)5-11(10)18-12/h2-7,16H,1H3/b12-4-. The Morgan fingerprint density at radius 3 is 3.00 bits per heavy atom. The van der Waals surface area contributed by atoms with Crippen LogP contribution in [0.2, 0.25) is 0 Å². The zero-order chi connectivity index (χ0) is 12.7. The summed E-state index contributed by atoms with van der Waals surface area (Å²) in [6.45, 7) is 0. The number of rotatable bonds is 1. The summed E-state index contributed by atoms with van der Waals surface area (Å²) in [5, 5.41) is 13.4. The van der Waals surface area contributed by atoms with Gasteiger partial charge in [-0.1, -0.05) is 0 Å². The SMILES string of the molecule is Cn1cc(/C=C2\Oc3cc(O)ccc3C2=O)cn1. The maximum atomic E-state index is 12.0. The summed E-state index contributed by atoms with van der Waals surface area (Å²) >= 11 is 0. The Hall–Kier alpha value is -2.56. The van der Waals surface area contributed by atoms with Gasteiger partial charge in [-0.15, -0.1) is 0 Å². The van der Waals surface area contributed by atoms with E-state index in [0.29, 0.717) is 11.3 Å². The van der Waals surface area contributed by atoms with Crippen molar-refractivity contribution in [1.82, 2.24) is 9.78 Å². The van der Waals surface area contributed by atoms with Gasteiger partial charge >= 0.3 is 0 Å². The molecule has 1 aromatic heterocycles. The van der Waals surface area contributed by atoms with E-state index >= 15 is 0 Å². The molecule has 90 valence electrons. The van der Waals surface area contributed by atoms with Crippen LogP contribution < -0.4 is 4.74 Å². The number of aromatic nitrogens is 2. The van der Waals surface area contributed by atoms with Gasteiger partial charge in [0.05, 0.1) is 11.8 Å². The van der Waals surface area contributed by atoms with Crippen LogP contribution in [0.1, 0.15) is 15.9 Å². The number of Topliss-reactive ketones (excluding diaryl/α,β-unsaturated/α-hetero) is 1. The Kier molecular flexibility index (Phi) is 2.19. The molecule has 1 aromatic carbocycles. The average Bonchev–Trinajstić information content (AvgIpc) is 2.85. The van der Waals surface area contributed by atoms with Crippen molar-refractivity contribution in [2.24, 2.45) is 7.05 Å². The van der Waals surface area contributed by atoms with E-state index in [0.717, 1.165) is 5.56 Å². The fraction of sp³-hybridized carbons (Fsp3) is 0.0769. The summed E-state index contributed by atoms with van der Waals surface area (Å²) in [6, 6.07) is 4.45. The number of phenols is 1. The van der Waals surface area contributed by atoms with Crippen LogP contribution in [0.4, 0.5) is 0 Å². The van der Waals surface area contributed by atoms with Crippen molar-refractivity contribution in [3.8, 4) is 11.5 Å². The molecular weight excluding hydrogens is 232 g/mol. The monoisotopic (exact) mass is 242 g/mol. The van der Waals surface area contributed by atoms with Gasteiger partial charge in [-0.2, -0.15) is 5.10 Å². The van der Waals surface area contributed by atoms with Crippen molar-refractivity contribution in [1.29, 1.82) is 0 Å². The van der Waals surface area contributed by atoms with Gasteiger partial charge in [0.15, 0.2) is 5.76 Å². The van der Waals surface area contributed by atoms with Gasteiger partial charge in [0.2, 0.25) is 5.78 Å². The summed E-state index contributed by atoms with van der Waals surface area (Å²) in [6.07, 6.45) is 5.06. The third kappa shape index (κ3) is 1.66. The Bertz CT molecular complexity index is 671. The summed E-state index contributed by atoms with van der Waals surface area (Å²) in [5.74, 6) is 0.511. The number of aryl methyl sites for hydroxylation is 1. The zero-order valence-corrected chi connectivity index (χ0v) is 9.62. The highest BCUT2D eigenvalue weighted by atomic mass is 16.5. The molecule has 1 aliphatic rings. The summed E-state index contributed by atoms with van der Waals surface area (Å²) in [5.41, 5.74) is 1.25. The summed E-state index contributed by atoms with van der Waals surface area (Å²) in [7, 11) is 1.80. The van der Waals surface area contributed by atoms with Crippen molar-refractivity contribution in [3.63, 3.8) is 0 Å². The molecule has 0 saturated carbocycles. The van der Waals surface area contributed by atoms with E-state index in [2.05, 4.69) is 5.10 Å². The van der Waals surface area contributed by atoms with Crippen LogP contribution in [-0.4, -0.2) is 20.7 Å². The molecule has 0 unspecified atom stereocenters. The third-order valence-electron chi connectivity index (χ3n) is 2.68. The molecule has 2 aromatic rings. The molecular formula is C13H10N2O3. The van der Waals surface area contributed by atoms with Crippen molar-refractivity contribution < 1.29 is 14.6 Å². The molecule has 5 nitrogen and oxygen atoms in total. The first-order chi connectivity index (χ1) is 8.63. The lowest BCUT2D eigenvalue weighted by Gasteiger charge is -1.97. The van der Waals surface area contributed by atoms with E-state index in [-0.39, 0.29) is 17.3 Å². The minimum absolute atomic E-state index is 0.0733. The number of phenolic OH excluding ortho intramolecular Hbond substituents is 1. The quantitative estimate of drug-likeness (QED) is 0.773. The first-order valence-corrected chi connectivity index (χ1v) is 5.39. The van der Waals surface area contributed by atoms with E-state index in [9.17, 15) is 9.90 Å². The Morgan fingerprint density at radius 1 is 1.44 bits per heavy atom. The highest BCUT2D eigenvalue weighted by Gasteiger charge is 2.27. The first-order valence-electron chi connectivity index (χ1n) is 5.39. The van der Waals surface area contributed by atoms with Crippen LogP contribution in [0.3, 0.4) is 0 Å². The predicted octanol–water partition coefficient (Wildman–Crippen LogP) is 1.74. The van der Waals surface area contributed by atoms with Crippen LogP contribution in [0, 0.1) is 0 Å². The smallest absolute Gasteiger partial charge is 0.231 e. The number of aromatic hydroxyl groups is 1. The maximum Gasteiger partial charge on any atom is 0.231 e. The molecule has 0 saturated heterocycles. The second kappa shape index (κ2) is 3.73. The van der Waals surface area contributed by atoms with Gasteiger partial charge in [-0.25, -0.2) is 0 Å². The zero-order valence-electron chi connectivity index (χ0n) is 9.62. The number of allylic oxidation sites excluding steroid dienone is 1. The Morgan fingerprint density at radius 2 is 2.28 bits per heavy atom. The maximum absolute atomic E-state index is 12.0. The van der Waals surface area contributed by atoms with Crippen LogP contribution >= 0.6 is 0 Å². The number of nitrogens with zero attached hydrogens (tertiary/aromatic N) is 2. The number of benzene rings is 1. The lowest BCUT2D eigenvalue weighted by molar-refractivity contribution is 0.101. The fourth-order valence-corrected chi connectivity index (χ4v) is 1.84. The van der Waals surface area contributed by atoms with E-state index in [1.54, 1.807) is 36.3 Å². The van der Waals surface area contributed by atoms with Crippen LogP contribution in [0.25, 0.3) is 6.08 Å². The minimum Gasteiger partial charge on any atom is -0.508 e. The molecule has 0 bridgehead atoms. The van der Waals surface area contributed by atoms with Crippen molar-refractivity contribution in [3.05, 3.63) is 47.5 Å². The van der Waals surface area contributed by atoms with Gasteiger partial charge < -0.3 is 9.84 Å². The molecule has 0 aliphatic carbocycles. The number of ether oxygens (including phenoxy) is 1. The fourth-order valence-electron chi connectivity index (χ4n) is 1.84. The highest BCUT2D eigenvalue weighted by molar-refractivity contribution is 6.14. The molecule has 3 rings (SSSR count). The second-order valence-electron chi connectivity index (χ2n) is 4.07. The van der Waals surface area contributed by atoms with E-state index < -0.39 is 0 Å². The second-order valence-corrected chi connectivity index (χ2v) is 4.07. The molecule has 1 aliphatic heterocycles. The van der Waals surface area contributed by atoms with Crippen molar-refractivity contribution >= 4 is 11.9 Å². The molecule has 18 heavy (non-hydrogen) atoms. The number of fused-ring (bicyclic) bond motifs is 1. The number of carbonyl (C=O) groups is 1. The van der Waals surface area contributed by atoms with E-state index in [1.165, 1.54) is 12.1 Å². The van der Waals surface area contributed by atoms with Crippen molar-refractivity contribution in [2.45, 2.75) is 0 Å². The average molecular weight is 242 g/mol. The molecule has 0 radical (unpaired) electrons. The normalized spacial score (nSPS) is 15.8. The summed E-state index contributed by atoms with van der Waals surface area (Å²) < 4.78 is 7.07. The van der Waals surface area contributed by atoms with Gasteiger partial charge in [0, 0.05) is 24.9 Å². The molecule has 2 heterocycles. The minimum atomic E-state index is -0.186. The molecule has 0 atom stereocenters. The number of carbonyl (C=O) groups excluding carboxylic acids is 1. The third-order valence-corrected chi connectivity index (χ3v) is 2.68. The Balaban J connectivity index is 1.99. The van der Waals surface area contributed by atoms with Gasteiger partial charge in [0.25, 0.3) is 0 Å². The van der Waals surface area contributed by atoms with Gasteiger partial charge in [-0.3, -0.25) is 9.48 Å². The van der Waals surface area contributed by atoms with E-state index in [1.807, 2.05) is 0 Å². The first kappa shape index (κ1) is 10.6. The molecule has 0 amide bonds. The van der Waals surface area contributed by atoms with Crippen LogP contribution in [0.15, 0.2) is 36.4 Å². The number of ketones is 1. The lowest BCUT2D eigenvalue weighted by atomic mass is 10.1. The summed E-state index contributed by atoms with van der Waals surface area (Å²) in [4.78, 5) is 12.0. The van der Waals surface area contributed by atoms with Crippen LogP contribution in [-0.2, 0) is 7.05 Å². The lowest BCUT2D eigenvalue weighted by Crippen LogP contribution is -1.97. The molecule has 0 fully saturated rings. The predicted molar refractivity (Wildman–Crippen MR) is 64.3 cm³/mol. The molecule has 0 spiro atoms. The largest absolute Gasteiger partial charge is 0.508 e. The molecule has 1 N–H and O–H groups in total. The molecule has 5 heteroatoms. The topological polar surface area (TPSA) is 64.3 Å². The number of hydrogen-bond donors (Lipinski definition) is 1. The number of hydrogen-bond acceptors (Lipinski definition) is 4.